The van der Waals surface area contributed by atoms with Gasteiger partial charge < -0.3 is 4.74 Å². The van der Waals surface area contributed by atoms with Gasteiger partial charge in [-0.05, 0) is 55.8 Å². The van der Waals surface area contributed by atoms with Gasteiger partial charge >= 0.3 is 5.97 Å². The minimum Gasteiger partial charge on any atom is -0.462 e. The SMILES string of the molecule is CCOC(=O)c1cc(NS(=O)(=O)c2ccc(F)c(C)c2)ccc1Cl. The molecule has 0 aliphatic rings. The molecule has 2 aromatic rings. The quantitative estimate of drug-likeness (QED) is 0.812. The number of hydrogen-bond acceptors (Lipinski definition) is 4. The van der Waals surface area contributed by atoms with Crippen LogP contribution in [0.3, 0.4) is 0 Å². The molecule has 0 unspecified atom stereocenters. The highest BCUT2D eigenvalue weighted by atomic mass is 35.5. The third kappa shape index (κ3) is 4.04. The topological polar surface area (TPSA) is 72.5 Å². The highest BCUT2D eigenvalue weighted by Gasteiger charge is 2.18. The summed E-state index contributed by atoms with van der Waals surface area (Å²) in [4.78, 5) is 11.7. The standard InChI is InChI=1S/C16H15ClFNO4S/c1-3-23-16(20)13-9-11(4-6-14(13)17)19-24(21,22)12-5-7-15(18)10(2)8-12/h4-9,19H,3H2,1-2H3. The molecular formula is C16H15ClFNO4S. The van der Waals surface area contributed by atoms with Gasteiger partial charge in [-0.15, -0.1) is 0 Å². The fourth-order valence-corrected chi connectivity index (χ4v) is 3.28. The van der Waals surface area contributed by atoms with Crippen molar-refractivity contribution in [3.63, 3.8) is 0 Å². The van der Waals surface area contributed by atoms with Gasteiger partial charge in [0.05, 0.1) is 22.1 Å². The van der Waals surface area contributed by atoms with Crippen LogP contribution >= 0.6 is 11.6 Å². The predicted molar refractivity (Wildman–Crippen MR) is 89.4 cm³/mol. The van der Waals surface area contributed by atoms with Crippen molar-refractivity contribution in [2.75, 3.05) is 11.3 Å². The van der Waals surface area contributed by atoms with Gasteiger partial charge in [-0.2, -0.15) is 0 Å². The molecule has 5 nitrogen and oxygen atoms in total. The first-order chi connectivity index (χ1) is 11.2. The van der Waals surface area contributed by atoms with Gasteiger partial charge in [0.15, 0.2) is 0 Å². The number of halogens is 2. The van der Waals surface area contributed by atoms with E-state index in [1.165, 1.54) is 31.2 Å². The Bertz CT molecular complexity index is 884. The van der Waals surface area contributed by atoms with Gasteiger partial charge in [-0.1, -0.05) is 11.6 Å². The average molecular weight is 372 g/mol. The summed E-state index contributed by atoms with van der Waals surface area (Å²) in [5.41, 5.74) is 0.402. The summed E-state index contributed by atoms with van der Waals surface area (Å²) >= 11 is 5.93. The van der Waals surface area contributed by atoms with Gasteiger partial charge in [0, 0.05) is 5.69 Å². The number of esters is 1. The minimum absolute atomic E-state index is 0.0500. The van der Waals surface area contributed by atoms with E-state index in [1.54, 1.807) is 6.92 Å². The van der Waals surface area contributed by atoms with Crippen molar-refractivity contribution in [1.82, 2.24) is 0 Å². The lowest BCUT2D eigenvalue weighted by Crippen LogP contribution is -2.14. The molecule has 0 amide bonds. The monoisotopic (exact) mass is 371 g/mol. The first-order valence-corrected chi connectivity index (χ1v) is 8.86. The number of hydrogen-bond donors (Lipinski definition) is 1. The van der Waals surface area contributed by atoms with Crippen molar-refractivity contribution in [2.45, 2.75) is 18.7 Å². The van der Waals surface area contributed by atoms with E-state index in [1.807, 2.05) is 0 Å². The van der Waals surface area contributed by atoms with Gasteiger partial charge in [0.25, 0.3) is 10.0 Å². The molecule has 0 aliphatic carbocycles. The summed E-state index contributed by atoms with van der Waals surface area (Å²) in [5, 5.41) is 0.147. The van der Waals surface area contributed by atoms with E-state index in [0.717, 1.165) is 12.1 Å². The molecule has 0 radical (unpaired) electrons. The number of carbonyl (C=O) groups excluding carboxylic acids is 1. The van der Waals surface area contributed by atoms with Crippen molar-refractivity contribution in [3.05, 3.63) is 58.4 Å². The van der Waals surface area contributed by atoms with Crippen molar-refractivity contribution in [1.29, 1.82) is 0 Å². The first-order valence-electron chi connectivity index (χ1n) is 7.00. The second-order valence-electron chi connectivity index (χ2n) is 4.93. The Morgan fingerprint density at radius 3 is 2.58 bits per heavy atom. The van der Waals surface area contributed by atoms with Gasteiger partial charge in [0.2, 0.25) is 0 Å². The molecule has 0 fully saturated rings. The van der Waals surface area contributed by atoms with E-state index in [9.17, 15) is 17.6 Å². The van der Waals surface area contributed by atoms with Crippen LogP contribution in [0.25, 0.3) is 0 Å². The van der Waals surface area contributed by atoms with Gasteiger partial charge in [-0.3, -0.25) is 4.72 Å². The minimum atomic E-state index is -3.93. The van der Waals surface area contributed by atoms with Crippen LogP contribution in [0.4, 0.5) is 10.1 Å². The van der Waals surface area contributed by atoms with E-state index >= 15 is 0 Å². The maximum Gasteiger partial charge on any atom is 0.339 e. The second kappa shape index (κ2) is 7.19. The molecule has 0 saturated carbocycles. The smallest absolute Gasteiger partial charge is 0.339 e. The lowest BCUT2D eigenvalue weighted by Gasteiger charge is -2.11. The fraction of sp³-hybridized carbons (Fsp3) is 0.188. The highest BCUT2D eigenvalue weighted by Crippen LogP contribution is 2.24. The fourth-order valence-electron chi connectivity index (χ4n) is 1.95. The molecule has 0 heterocycles. The summed E-state index contributed by atoms with van der Waals surface area (Å²) in [7, 11) is -3.93. The number of benzene rings is 2. The van der Waals surface area contributed by atoms with Crippen LogP contribution in [0, 0.1) is 12.7 Å². The number of nitrogens with one attached hydrogen (secondary N) is 1. The number of anilines is 1. The zero-order valence-electron chi connectivity index (χ0n) is 13.0. The molecule has 0 bridgehead atoms. The van der Waals surface area contributed by atoms with E-state index < -0.39 is 21.8 Å². The Balaban J connectivity index is 2.34. The highest BCUT2D eigenvalue weighted by molar-refractivity contribution is 7.92. The molecule has 8 heteroatoms. The maximum atomic E-state index is 13.3. The number of aryl methyl sites for hydroxylation is 1. The Hall–Kier alpha value is -2.12. The van der Waals surface area contributed by atoms with Crippen LogP contribution in [0.1, 0.15) is 22.8 Å². The lowest BCUT2D eigenvalue weighted by atomic mass is 10.2. The van der Waals surface area contributed by atoms with Crippen LogP contribution in [0.2, 0.25) is 5.02 Å². The zero-order chi connectivity index (χ0) is 17.9. The Morgan fingerprint density at radius 1 is 1.25 bits per heavy atom. The zero-order valence-corrected chi connectivity index (χ0v) is 14.5. The molecule has 24 heavy (non-hydrogen) atoms. The molecule has 0 atom stereocenters. The molecule has 1 N–H and O–H groups in total. The van der Waals surface area contributed by atoms with E-state index in [2.05, 4.69) is 4.72 Å². The molecule has 0 aliphatic heterocycles. The summed E-state index contributed by atoms with van der Waals surface area (Å²) in [6.45, 7) is 3.28. The summed E-state index contributed by atoms with van der Waals surface area (Å²) < 4.78 is 45.2. The molecule has 2 rings (SSSR count). The van der Waals surface area contributed by atoms with Gasteiger partial charge in [-0.25, -0.2) is 17.6 Å². The average Bonchev–Trinajstić information content (AvgIpc) is 2.51. The van der Waals surface area contributed by atoms with Crippen molar-refractivity contribution in [3.8, 4) is 0 Å². The van der Waals surface area contributed by atoms with Crippen LogP contribution in [-0.2, 0) is 14.8 Å². The first kappa shape index (κ1) is 18.2. The number of ether oxygens (including phenoxy) is 1. The summed E-state index contributed by atoms with van der Waals surface area (Å²) in [5.74, 6) is -1.15. The predicted octanol–water partition coefficient (Wildman–Crippen LogP) is 3.77. The third-order valence-corrected chi connectivity index (χ3v) is 4.86. The molecule has 0 saturated heterocycles. The number of rotatable bonds is 5. The molecule has 0 aromatic heterocycles. The van der Waals surface area contributed by atoms with Crippen molar-refractivity contribution >= 4 is 33.3 Å². The van der Waals surface area contributed by atoms with E-state index in [0.29, 0.717) is 0 Å². The number of carbonyl (C=O) groups is 1. The Morgan fingerprint density at radius 2 is 1.96 bits per heavy atom. The molecular weight excluding hydrogens is 357 g/mol. The van der Waals surface area contributed by atoms with Crippen molar-refractivity contribution < 1.29 is 22.3 Å². The third-order valence-electron chi connectivity index (χ3n) is 3.15. The second-order valence-corrected chi connectivity index (χ2v) is 7.02. The van der Waals surface area contributed by atoms with Crippen molar-refractivity contribution in [2.24, 2.45) is 0 Å². The van der Waals surface area contributed by atoms with Gasteiger partial charge in [0.1, 0.15) is 5.82 Å². The lowest BCUT2D eigenvalue weighted by molar-refractivity contribution is 0.0526. The molecule has 0 spiro atoms. The van der Waals surface area contributed by atoms with Crippen LogP contribution < -0.4 is 4.72 Å². The van der Waals surface area contributed by atoms with Crippen LogP contribution in [0.15, 0.2) is 41.3 Å². The van der Waals surface area contributed by atoms with E-state index in [-0.39, 0.29) is 33.3 Å². The largest absolute Gasteiger partial charge is 0.462 e. The normalized spacial score (nSPS) is 11.2. The van der Waals surface area contributed by atoms with Crippen LogP contribution in [0.5, 0.6) is 0 Å². The van der Waals surface area contributed by atoms with Crippen LogP contribution in [-0.4, -0.2) is 21.0 Å². The maximum absolute atomic E-state index is 13.3. The molecule has 128 valence electrons. The Kier molecular flexibility index (Phi) is 5.46. The Labute approximate surface area is 144 Å². The molecule has 2 aromatic carbocycles. The number of sulfonamides is 1. The summed E-state index contributed by atoms with van der Waals surface area (Å²) in [6, 6.07) is 7.55. The summed E-state index contributed by atoms with van der Waals surface area (Å²) in [6.07, 6.45) is 0. The van der Waals surface area contributed by atoms with E-state index in [4.69, 9.17) is 16.3 Å².